The predicted molar refractivity (Wildman–Crippen MR) is 68.2 cm³/mol. The summed E-state index contributed by atoms with van der Waals surface area (Å²) in [4.78, 5) is 4.71. The molecule has 0 bridgehead atoms. The summed E-state index contributed by atoms with van der Waals surface area (Å²) in [6.07, 6.45) is 1.70. The van der Waals surface area contributed by atoms with E-state index < -0.39 is 0 Å². The minimum absolute atomic E-state index is 0.803. The first kappa shape index (κ1) is 13.5. The minimum Gasteiger partial charge on any atom is -0.379 e. The Morgan fingerprint density at radius 3 is 1.78 bits per heavy atom. The number of ether oxygens (including phenoxy) is 2. The van der Waals surface area contributed by atoms with Crippen LogP contribution in [0.3, 0.4) is 0 Å². The van der Waals surface area contributed by atoms with Crippen molar-refractivity contribution in [1.82, 2.24) is 9.80 Å². The molecule has 0 amide bonds. The molecular weight excluding hydrogens is 230 g/mol. The van der Waals surface area contributed by atoms with E-state index in [9.17, 15) is 0 Å². The Kier molecular flexibility index (Phi) is 5.62. The quantitative estimate of drug-likeness (QED) is 0.663. The van der Waals surface area contributed by atoms with Gasteiger partial charge in [-0.15, -0.1) is 0 Å². The summed E-state index contributed by atoms with van der Waals surface area (Å²) >= 11 is 0. The monoisotopic (exact) mass is 251 g/mol. The molecule has 0 spiro atoms. The van der Waals surface area contributed by atoms with Crippen LogP contribution in [0, 0.1) is 11.3 Å². The van der Waals surface area contributed by atoms with Crippen molar-refractivity contribution in [2.45, 2.75) is 0 Å². The zero-order chi connectivity index (χ0) is 12.6. The molecule has 0 aliphatic carbocycles. The molecule has 2 fully saturated rings. The normalized spacial score (nSPS) is 22.4. The van der Waals surface area contributed by atoms with Crippen molar-refractivity contribution in [1.29, 1.82) is 5.26 Å². The Morgan fingerprint density at radius 1 is 0.944 bits per heavy atom. The summed E-state index contributed by atoms with van der Waals surface area (Å²) in [7, 11) is 0. The molecule has 2 rings (SSSR count). The van der Waals surface area contributed by atoms with E-state index in [1.165, 1.54) is 5.57 Å². The third kappa shape index (κ3) is 4.39. The van der Waals surface area contributed by atoms with Crippen molar-refractivity contribution >= 4 is 0 Å². The molecule has 100 valence electrons. The smallest absolute Gasteiger partial charge is 0.0912 e. The van der Waals surface area contributed by atoms with Gasteiger partial charge in [0.15, 0.2) is 0 Å². The van der Waals surface area contributed by atoms with Crippen LogP contribution in [0.2, 0.25) is 0 Å². The van der Waals surface area contributed by atoms with Crippen LogP contribution >= 0.6 is 0 Å². The molecule has 0 aromatic heterocycles. The molecule has 5 nitrogen and oxygen atoms in total. The van der Waals surface area contributed by atoms with Crippen molar-refractivity contribution in [3.8, 4) is 6.07 Å². The van der Waals surface area contributed by atoms with Gasteiger partial charge in [-0.3, -0.25) is 9.80 Å². The van der Waals surface area contributed by atoms with Crippen LogP contribution in [0.25, 0.3) is 0 Å². The first-order valence-corrected chi connectivity index (χ1v) is 6.56. The molecule has 0 unspecified atom stereocenters. The molecule has 0 N–H and O–H groups in total. The molecule has 18 heavy (non-hydrogen) atoms. The Labute approximate surface area is 109 Å². The largest absolute Gasteiger partial charge is 0.379 e. The number of allylic oxidation sites excluding steroid dienone is 1. The second-order valence-corrected chi connectivity index (χ2v) is 4.71. The van der Waals surface area contributed by atoms with Gasteiger partial charge in [0.1, 0.15) is 0 Å². The van der Waals surface area contributed by atoms with Crippen LogP contribution in [0.1, 0.15) is 0 Å². The maximum Gasteiger partial charge on any atom is 0.0912 e. The second-order valence-electron chi connectivity index (χ2n) is 4.71. The van der Waals surface area contributed by atoms with Gasteiger partial charge in [-0.05, 0) is 5.57 Å². The topological polar surface area (TPSA) is 48.7 Å². The Morgan fingerprint density at radius 2 is 1.39 bits per heavy atom. The SMILES string of the molecule is N#CC=C(CN1CCOCC1)CN1CCOCC1. The predicted octanol–water partition coefficient (Wildman–Crippen LogP) is 0.101. The summed E-state index contributed by atoms with van der Waals surface area (Å²) in [5.74, 6) is 0. The zero-order valence-electron chi connectivity index (χ0n) is 10.8. The van der Waals surface area contributed by atoms with Crippen molar-refractivity contribution < 1.29 is 9.47 Å². The van der Waals surface area contributed by atoms with Crippen LogP contribution in [-0.4, -0.2) is 75.5 Å². The van der Waals surface area contributed by atoms with Gasteiger partial charge in [0, 0.05) is 45.3 Å². The lowest BCUT2D eigenvalue weighted by atomic mass is 10.2. The summed E-state index contributed by atoms with van der Waals surface area (Å²) in [5.41, 5.74) is 1.20. The van der Waals surface area contributed by atoms with E-state index in [4.69, 9.17) is 14.7 Å². The minimum atomic E-state index is 0.803. The van der Waals surface area contributed by atoms with Gasteiger partial charge in [-0.1, -0.05) is 0 Å². The van der Waals surface area contributed by atoms with Gasteiger partial charge < -0.3 is 9.47 Å². The number of hydrogen-bond donors (Lipinski definition) is 0. The van der Waals surface area contributed by atoms with Crippen LogP contribution < -0.4 is 0 Å². The van der Waals surface area contributed by atoms with Crippen molar-refractivity contribution in [2.24, 2.45) is 0 Å². The van der Waals surface area contributed by atoms with E-state index in [1.807, 2.05) is 0 Å². The van der Waals surface area contributed by atoms with Gasteiger partial charge in [0.05, 0.1) is 32.5 Å². The lowest BCUT2D eigenvalue weighted by Crippen LogP contribution is -2.41. The van der Waals surface area contributed by atoms with Gasteiger partial charge in [-0.25, -0.2) is 0 Å². The van der Waals surface area contributed by atoms with E-state index in [0.717, 1.165) is 65.7 Å². The third-order valence-corrected chi connectivity index (χ3v) is 3.33. The standard InChI is InChI=1S/C13H21N3O2/c14-2-1-13(11-15-3-7-17-8-4-15)12-16-5-9-18-10-6-16/h1H,3-12H2. The fraction of sp³-hybridized carbons (Fsp3) is 0.769. The number of rotatable bonds is 4. The first-order valence-electron chi connectivity index (χ1n) is 6.56. The molecule has 0 saturated carbocycles. The third-order valence-electron chi connectivity index (χ3n) is 3.33. The molecule has 2 heterocycles. The van der Waals surface area contributed by atoms with Gasteiger partial charge in [-0.2, -0.15) is 5.26 Å². The van der Waals surface area contributed by atoms with Gasteiger partial charge >= 0.3 is 0 Å². The molecule has 0 atom stereocenters. The number of morpholine rings is 2. The van der Waals surface area contributed by atoms with Crippen LogP contribution in [0.4, 0.5) is 0 Å². The van der Waals surface area contributed by atoms with Gasteiger partial charge in [0.25, 0.3) is 0 Å². The highest BCUT2D eigenvalue weighted by atomic mass is 16.5. The highest BCUT2D eigenvalue weighted by Crippen LogP contribution is 2.07. The molecule has 5 heteroatoms. The lowest BCUT2D eigenvalue weighted by molar-refractivity contribution is 0.0339. The van der Waals surface area contributed by atoms with Crippen LogP contribution in [0.5, 0.6) is 0 Å². The Balaban J connectivity index is 1.83. The maximum absolute atomic E-state index is 8.88. The number of nitriles is 1. The second kappa shape index (κ2) is 7.49. The highest BCUT2D eigenvalue weighted by molar-refractivity contribution is 5.17. The first-order chi connectivity index (χ1) is 8.88. The van der Waals surface area contributed by atoms with Crippen molar-refractivity contribution in [3.05, 3.63) is 11.6 Å². The fourth-order valence-electron chi connectivity index (χ4n) is 2.33. The lowest BCUT2D eigenvalue weighted by Gasteiger charge is -2.31. The molecule has 2 saturated heterocycles. The molecular formula is C13H21N3O2. The average Bonchev–Trinajstić information content (AvgIpc) is 2.41. The summed E-state index contributed by atoms with van der Waals surface area (Å²) in [6, 6.07) is 2.17. The molecule has 2 aliphatic rings. The number of hydrogen-bond acceptors (Lipinski definition) is 5. The van der Waals surface area contributed by atoms with Crippen LogP contribution in [0.15, 0.2) is 11.6 Å². The summed E-state index contributed by atoms with van der Waals surface area (Å²) in [6.45, 7) is 8.83. The Hall–Kier alpha value is -0.930. The zero-order valence-corrected chi connectivity index (χ0v) is 10.8. The molecule has 2 aliphatic heterocycles. The van der Waals surface area contributed by atoms with E-state index in [-0.39, 0.29) is 0 Å². The Bertz CT molecular complexity index is 291. The molecule has 0 aromatic carbocycles. The highest BCUT2D eigenvalue weighted by Gasteiger charge is 2.16. The molecule has 0 aromatic rings. The van der Waals surface area contributed by atoms with Crippen molar-refractivity contribution in [2.75, 3.05) is 65.7 Å². The van der Waals surface area contributed by atoms with E-state index in [0.29, 0.717) is 0 Å². The van der Waals surface area contributed by atoms with Crippen LogP contribution in [-0.2, 0) is 9.47 Å². The van der Waals surface area contributed by atoms with E-state index in [1.54, 1.807) is 6.08 Å². The summed E-state index contributed by atoms with van der Waals surface area (Å²) < 4.78 is 10.7. The van der Waals surface area contributed by atoms with Gasteiger partial charge in [0.2, 0.25) is 0 Å². The fourth-order valence-corrected chi connectivity index (χ4v) is 2.33. The number of nitrogens with zero attached hydrogens (tertiary/aromatic N) is 3. The van der Waals surface area contributed by atoms with Crippen molar-refractivity contribution in [3.63, 3.8) is 0 Å². The molecule has 0 radical (unpaired) electrons. The average molecular weight is 251 g/mol. The van der Waals surface area contributed by atoms with E-state index in [2.05, 4.69) is 15.9 Å². The maximum atomic E-state index is 8.88. The van der Waals surface area contributed by atoms with E-state index >= 15 is 0 Å². The summed E-state index contributed by atoms with van der Waals surface area (Å²) in [5, 5.41) is 8.88.